The number of hydrogen-bond donors (Lipinski definition) is 1. The summed E-state index contributed by atoms with van der Waals surface area (Å²) in [6.45, 7) is 2.11. The lowest BCUT2D eigenvalue weighted by molar-refractivity contribution is -0.117. The number of rotatable bonds is 4. The highest BCUT2D eigenvalue weighted by molar-refractivity contribution is 7.24. The average Bonchev–Trinajstić information content (AvgIpc) is 3.03. The number of nitrogens with zero attached hydrogens (tertiary/aromatic N) is 1. The molecule has 1 fully saturated rings. The molecule has 0 unspecified atom stereocenters. The molecule has 3 aromatic rings. The van der Waals surface area contributed by atoms with E-state index in [0.29, 0.717) is 11.0 Å². The maximum Gasteiger partial charge on any atom is 0.229 e. The highest BCUT2D eigenvalue weighted by Gasteiger charge is 2.39. The van der Waals surface area contributed by atoms with Gasteiger partial charge in [-0.3, -0.25) is 4.79 Å². The lowest BCUT2D eigenvalue weighted by Crippen LogP contribution is -2.14. The predicted molar refractivity (Wildman–Crippen MR) is 94.6 cm³/mol. The Morgan fingerprint density at radius 2 is 1.91 bits per heavy atom. The van der Waals surface area contributed by atoms with Gasteiger partial charge in [0, 0.05) is 10.8 Å². The van der Waals surface area contributed by atoms with Crippen LogP contribution in [0.4, 0.5) is 5.13 Å². The monoisotopic (exact) mass is 346 g/mol. The summed E-state index contributed by atoms with van der Waals surface area (Å²) in [5, 5.41) is 7.82. The van der Waals surface area contributed by atoms with Crippen LogP contribution in [0.5, 0.6) is 0 Å². The number of aromatic nitrogens is 1. The van der Waals surface area contributed by atoms with Gasteiger partial charge in [-0.05, 0) is 35.2 Å². The van der Waals surface area contributed by atoms with Crippen LogP contribution in [-0.4, -0.2) is 10.9 Å². The van der Waals surface area contributed by atoms with E-state index in [4.69, 9.17) is 0 Å². The van der Waals surface area contributed by atoms with E-state index in [2.05, 4.69) is 40.1 Å². The van der Waals surface area contributed by atoms with Crippen LogP contribution in [-0.2, 0) is 4.79 Å². The van der Waals surface area contributed by atoms with Crippen LogP contribution in [0, 0.1) is 11.8 Å². The highest BCUT2D eigenvalue weighted by Crippen LogP contribution is 2.43. The van der Waals surface area contributed by atoms with Crippen molar-refractivity contribution in [1.29, 1.82) is 0 Å². The summed E-state index contributed by atoms with van der Waals surface area (Å²) in [7, 11) is 0. The fourth-order valence-electron chi connectivity index (χ4n) is 2.41. The van der Waals surface area contributed by atoms with Crippen LogP contribution in [0.15, 0.2) is 35.0 Å². The zero-order valence-corrected chi connectivity index (χ0v) is 14.4. The number of amides is 1. The first-order valence-electron chi connectivity index (χ1n) is 7.12. The molecule has 0 saturated heterocycles. The number of carbonyl (C=O) groups excluding carboxylic acids is 1. The second-order valence-electron chi connectivity index (χ2n) is 5.46. The van der Waals surface area contributed by atoms with Crippen molar-refractivity contribution in [3.05, 3.63) is 35.0 Å². The summed E-state index contributed by atoms with van der Waals surface area (Å²) in [5.41, 5.74) is 0.974. The minimum atomic E-state index is 0.108. The SMILES string of the molecule is C[C@@H]1C[C@H]1C(=O)Nc1nc(-c2cccs2)c(-c2cccs2)s1. The molecule has 1 N–H and O–H groups in total. The average molecular weight is 347 g/mol. The van der Waals surface area contributed by atoms with Crippen molar-refractivity contribution in [3.63, 3.8) is 0 Å². The Balaban J connectivity index is 1.69. The van der Waals surface area contributed by atoms with Crippen LogP contribution < -0.4 is 5.32 Å². The topological polar surface area (TPSA) is 42.0 Å². The number of anilines is 1. The lowest BCUT2D eigenvalue weighted by Gasteiger charge is -1.98. The van der Waals surface area contributed by atoms with Gasteiger partial charge in [-0.25, -0.2) is 4.98 Å². The third-order valence-corrected chi connectivity index (χ3v) is 6.70. The number of hydrogen-bond acceptors (Lipinski definition) is 5. The van der Waals surface area contributed by atoms with Gasteiger partial charge in [0.05, 0.1) is 9.75 Å². The second kappa shape index (κ2) is 5.61. The quantitative estimate of drug-likeness (QED) is 0.706. The van der Waals surface area contributed by atoms with Gasteiger partial charge in [-0.1, -0.05) is 30.4 Å². The molecule has 0 aromatic carbocycles. The Morgan fingerprint density at radius 3 is 2.50 bits per heavy atom. The van der Waals surface area contributed by atoms with Gasteiger partial charge in [0.25, 0.3) is 0 Å². The molecule has 3 aromatic heterocycles. The number of thiophene rings is 2. The summed E-state index contributed by atoms with van der Waals surface area (Å²) < 4.78 is 0. The first kappa shape index (κ1) is 14.1. The molecule has 0 bridgehead atoms. The summed E-state index contributed by atoms with van der Waals surface area (Å²) in [4.78, 5) is 20.3. The van der Waals surface area contributed by atoms with Gasteiger partial charge < -0.3 is 5.32 Å². The minimum absolute atomic E-state index is 0.108. The van der Waals surface area contributed by atoms with Crippen molar-refractivity contribution in [3.8, 4) is 20.3 Å². The van der Waals surface area contributed by atoms with E-state index in [1.807, 2.05) is 12.1 Å². The Morgan fingerprint density at radius 1 is 1.23 bits per heavy atom. The van der Waals surface area contributed by atoms with Crippen LogP contribution in [0.2, 0.25) is 0 Å². The Bertz CT molecular complexity index is 738. The molecule has 2 atom stereocenters. The highest BCUT2D eigenvalue weighted by atomic mass is 32.1. The van der Waals surface area contributed by atoms with E-state index in [1.54, 1.807) is 34.0 Å². The largest absolute Gasteiger partial charge is 0.302 e. The Labute approximate surface area is 140 Å². The molecule has 1 amide bonds. The first-order chi connectivity index (χ1) is 10.7. The molecule has 1 saturated carbocycles. The zero-order valence-electron chi connectivity index (χ0n) is 11.9. The van der Waals surface area contributed by atoms with Crippen molar-refractivity contribution >= 4 is 45.0 Å². The van der Waals surface area contributed by atoms with Crippen LogP contribution in [0.1, 0.15) is 13.3 Å². The summed E-state index contributed by atoms with van der Waals surface area (Å²) in [5.74, 6) is 0.782. The van der Waals surface area contributed by atoms with Crippen molar-refractivity contribution in [1.82, 2.24) is 4.98 Å². The first-order valence-corrected chi connectivity index (χ1v) is 9.69. The molecule has 0 aliphatic heterocycles. The molecule has 3 heterocycles. The summed E-state index contributed by atoms with van der Waals surface area (Å²) in [6, 6.07) is 8.25. The molecule has 3 nitrogen and oxygen atoms in total. The van der Waals surface area contributed by atoms with Gasteiger partial charge in [0.15, 0.2) is 5.13 Å². The third-order valence-electron chi connectivity index (χ3n) is 3.80. The van der Waals surface area contributed by atoms with Crippen LogP contribution >= 0.6 is 34.0 Å². The van der Waals surface area contributed by atoms with E-state index < -0.39 is 0 Å². The van der Waals surface area contributed by atoms with E-state index in [-0.39, 0.29) is 11.8 Å². The smallest absolute Gasteiger partial charge is 0.229 e. The van der Waals surface area contributed by atoms with Gasteiger partial charge in [-0.2, -0.15) is 0 Å². The van der Waals surface area contributed by atoms with E-state index in [0.717, 1.165) is 21.9 Å². The Kier molecular flexibility index (Phi) is 3.60. The molecule has 22 heavy (non-hydrogen) atoms. The molecule has 1 aliphatic carbocycles. The molecule has 0 radical (unpaired) electrons. The van der Waals surface area contributed by atoms with E-state index >= 15 is 0 Å². The zero-order chi connectivity index (χ0) is 15.1. The van der Waals surface area contributed by atoms with E-state index in [9.17, 15) is 4.79 Å². The van der Waals surface area contributed by atoms with Crippen LogP contribution in [0.3, 0.4) is 0 Å². The molecular weight excluding hydrogens is 332 g/mol. The Hall–Kier alpha value is -1.50. The molecular formula is C16H14N2OS3. The van der Waals surface area contributed by atoms with Gasteiger partial charge >= 0.3 is 0 Å². The predicted octanol–water partition coefficient (Wildman–Crippen LogP) is 5.19. The van der Waals surface area contributed by atoms with Crippen molar-refractivity contribution in [2.75, 3.05) is 5.32 Å². The van der Waals surface area contributed by atoms with Gasteiger partial charge in [0.2, 0.25) is 5.91 Å². The normalized spacial score (nSPS) is 20.0. The fourth-order valence-corrected chi connectivity index (χ4v) is 5.04. The number of carbonyl (C=O) groups is 1. The van der Waals surface area contributed by atoms with E-state index in [1.165, 1.54) is 4.88 Å². The standard InChI is InChI=1S/C16H14N2OS3/c1-9-8-10(9)15(19)18-16-17-13(11-4-2-6-20-11)14(22-16)12-5-3-7-21-12/h2-7,9-10H,8H2,1H3,(H,17,18,19)/t9-,10-/m1/s1. The van der Waals surface area contributed by atoms with Crippen molar-refractivity contribution in [2.24, 2.45) is 11.8 Å². The number of nitrogens with one attached hydrogen (secondary N) is 1. The third kappa shape index (κ3) is 2.62. The molecule has 112 valence electrons. The molecule has 0 spiro atoms. The minimum Gasteiger partial charge on any atom is -0.302 e. The van der Waals surface area contributed by atoms with Gasteiger partial charge in [-0.15, -0.1) is 22.7 Å². The molecule has 1 aliphatic rings. The van der Waals surface area contributed by atoms with Gasteiger partial charge in [0.1, 0.15) is 5.69 Å². The van der Waals surface area contributed by atoms with Crippen molar-refractivity contribution in [2.45, 2.75) is 13.3 Å². The van der Waals surface area contributed by atoms with Crippen LogP contribution in [0.25, 0.3) is 20.3 Å². The maximum atomic E-state index is 12.1. The molecule has 4 rings (SSSR count). The molecule has 6 heteroatoms. The van der Waals surface area contributed by atoms with Crippen molar-refractivity contribution < 1.29 is 4.79 Å². The summed E-state index contributed by atoms with van der Waals surface area (Å²) >= 11 is 4.94. The lowest BCUT2D eigenvalue weighted by atomic mass is 10.3. The maximum absolute atomic E-state index is 12.1. The summed E-state index contributed by atoms with van der Waals surface area (Å²) in [6.07, 6.45) is 0.993. The number of thiazole rings is 1. The fraction of sp³-hybridized carbons (Fsp3) is 0.250. The second-order valence-corrected chi connectivity index (χ2v) is 8.35.